The van der Waals surface area contributed by atoms with E-state index >= 15 is 0 Å². The van der Waals surface area contributed by atoms with E-state index in [1.165, 1.54) is 6.42 Å². The molecule has 0 aromatic heterocycles. The Balaban J connectivity index is 2.51. The zero-order valence-corrected chi connectivity index (χ0v) is 15.0. The van der Waals surface area contributed by atoms with Crippen molar-refractivity contribution in [2.24, 2.45) is 10.9 Å². The lowest BCUT2D eigenvalue weighted by molar-refractivity contribution is 0.413. The lowest BCUT2D eigenvalue weighted by Gasteiger charge is -2.30. The first-order valence-electron chi connectivity index (χ1n) is 8.48. The van der Waals surface area contributed by atoms with Crippen molar-refractivity contribution < 1.29 is 4.21 Å². The minimum atomic E-state index is -0.665. The van der Waals surface area contributed by atoms with Gasteiger partial charge in [0, 0.05) is 40.9 Å². The first-order chi connectivity index (χ1) is 10.1. The molecule has 0 spiro atoms. The molecule has 0 radical (unpaired) electrons. The van der Waals surface area contributed by atoms with E-state index in [0.29, 0.717) is 17.2 Å². The Morgan fingerprint density at radius 2 is 2.10 bits per heavy atom. The van der Waals surface area contributed by atoms with Crippen molar-refractivity contribution in [2.45, 2.75) is 71.1 Å². The molecule has 1 rings (SSSR count). The molecule has 4 nitrogen and oxygen atoms in total. The largest absolute Gasteiger partial charge is 0.357 e. The summed E-state index contributed by atoms with van der Waals surface area (Å²) in [7, 11) is -0.665. The highest BCUT2D eigenvalue weighted by Gasteiger charge is 2.25. The van der Waals surface area contributed by atoms with E-state index in [-0.39, 0.29) is 0 Å². The summed E-state index contributed by atoms with van der Waals surface area (Å²) in [6.45, 7) is 10.3. The van der Waals surface area contributed by atoms with E-state index < -0.39 is 10.8 Å². The summed E-state index contributed by atoms with van der Waals surface area (Å²) in [4.78, 5) is 4.66. The van der Waals surface area contributed by atoms with Crippen LogP contribution in [0.2, 0.25) is 0 Å². The third-order valence-electron chi connectivity index (χ3n) is 3.94. The average molecular weight is 316 g/mol. The molecule has 1 aliphatic carbocycles. The number of nitrogens with one attached hydrogen (secondary N) is 2. The van der Waals surface area contributed by atoms with Crippen LogP contribution in [0.4, 0.5) is 0 Å². The summed E-state index contributed by atoms with van der Waals surface area (Å²) in [5.74, 6) is 2.38. The van der Waals surface area contributed by atoms with Crippen LogP contribution in [0.5, 0.6) is 0 Å². The second kappa shape index (κ2) is 10.2. The lowest BCUT2D eigenvalue weighted by Crippen LogP contribution is -2.46. The molecular formula is C16H33N3OS. The Morgan fingerprint density at radius 3 is 2.71 bits per heavy atom. The maximum Gasteiger partial charge on any atom is 0.191 e. The van der Waals surface area contributed by atoms with Crippen molar-refractivity contribution in [3.63, 3.8) is 0 Å². The van der Waals surface area contributed by atoms with Crippen molar-refractivity contribution in [2.75, 3.05) is 18.8 Å². The molecule has 2 N–H and O–H groups in total. The third-order valence-corrected chi connectivity index (χ3v) is 5.68. The number of hydrogen-bond acceptors (Lipinski definition) is 2. The predicted molar refractivity (Wildman–Crippen MR) is 93.3 cm³/mol. The summed E-state index contributed by atoms with van der Waals surface area (Å²) in [6.07, 6.45) is 5.56. The molecule has 0 aromatic carbocycles. The van der Waals surface area contributed by atoms with E-state index in [1.54, 1.807) is 0 Å². The van der Waals surface area contributed by atoms with Crippen molar-refractivity contribution in [3.8, 4) is 0 Å². The van der Waals surface area contributed by atoms with Gasteiger partial charge in [-0.3, -0.25) is 9.20 Å². The molecule has 1 aliphatic rings. The van der Waals surface area contributed by atoms with E-state index in [4.69, 9.17) is 0 Å². The first-order valence-corrected chi connectivity index (χ1v) is 9.87. The fourth-order valence-electron chi connectivity index (χ4n) is 2.70. The van der Waals surface area contributed by atoms with Gasteiger partial charge >= 0.3 is 0 Å². The van der Waals surface area contributed by atoms with Crippen LogP contribution >= 0.6 is 0 Å². The fourth-order valence-corrected chi connectivity index (χ4v) is 4.05. The van der Waals surface area contributed by atoms with Gasteiger partial charge in [0.15, 0.2) is 5.96 Å². The number of guanidine groups is 1. The highest BCUT2D eigenvalue weighted by Crippen LogP contribution is 2.22. The van der Waals surface area contributed by atoms with Gasteiger partial charge < -0.3 is 10.6 Å². The van der Waals surface area contributed by atoms with Gasteiger partial charge in [-0.25, -0.2) is 0 Å². The van der Waals surface area contributed by atoms with E-state index in [0.717, 1.165) is 50.5 Å². The Hall–Kier alpha value is -0.580. The summed E-state index contributed by atoms with van der Waals surface area (Å²) in [5.41, 5.74) is 0. The monoisotopic (exact) mass is 315 g/mol. The molecule has 3 unspecified atom stereocenters. The Morgan fingerprint density at radius 1 is 1.33 bits per heavy atom. The van der Waals surface area contributed by atoms with Gasteiger partial charge in [-0.1, -0.05) is 27.2 Å². The van der Waals surface area contributed by atoms with E-state index in [2.05, 4.69) is 36.4 Å². The van der Waals surface area contributed by atoms with Crippen LogP contribution < -0.4 is 10.6 Å². The van der Waals surface area contributed by atoms with Crippen LogP contribution in [0.3, 0.4) is 0 Å². The highest BCUT2D eigenvalue weighted by molar-refractivity contribution is 7.85. The Labute approximate surface area is 133 Å². The van der Waals surface area contributed by atoms with Crippen LogP contribution in [-0.2, 0) is 10.8 Å². The zero-order chi connectivity index (χ0) is 15.7. The van der Waals surface area contributed by atoms with E-state index in [9.17, 15) is 4.21 Å². The zero-order valence-electron chi connectivity index (χ0n) is 14.2. The normalized spacial score (nSPS) is 24.9. The number of nitrogens with zero attached hydrogens (tertiary/aromatic N) is 1. The standard InChI is InChI=1S/C16H33N3OS/c1-5-17-16(18-11-10-13(3)4)19-14-8-7-9-15(12-14)21(20)6-2/h13-15H,5-12H2,1-4H3,(H2,17,18,19). The maximum absolute atomic E-state index is 12.0. The second-order valence-corrected chi connectivity index (χ2v) is 8.25. The van der Waals surface area contributed by atoms with Gasteiger partial charge in [0.2, 0.25) is 0 Å². The van der Waals surface area contributed by atoms with Gasteiger partial charge in [-0.2, -0.15) is 0 Å². The highest BCUT2D eigenvalue weighted by atomic mass is 32.2. The third kappa shape index (κ3) is 7.30. The van der Waals surface area contributed by atoms with Crippen LogP contribution in [0, 0.1) is 5.92 Å². The molecule has 0 aliphatic heterocycles. The summed E-state index contributed by atoms with van der Waals surface area (Å²) >= 11 is 0. The molecule has 0 heterocycles. The molecule has 0 amide bonds. The van der Waals surface area contributed by atoms with Crippen molar-refractivity contribution in [1.82, 2.24) is 10.6 Å². The number of aliphatic imine (C=N–C) groups is 1. The van der Waals surface area contributed by atoms with Crippen molar-refractivity contribution in [3.05, 3.63) is 0 Å². The molecule has 1 saturated carbocycles. The van der Waals surface area contributed by atoms with Gasteiger partial charge in [0.25, 0.3) is 0 Å². The quantitative estimate of drug-likeness (QED) is 0.561. The number of hydrogen-bond donors (Lipinski definition) is 2. The molecule has 0 bridgehead atoms. The Bertz CT molecular complexity index is 344. The smallest absolute Gasteiger partial charge is 0.191 e. The predicted octanol–water partition coefficient (Wildman–Crippen LogP) is 2.67. The molecular weight excluding hydrogens is 282 g/mol. The number of rotatable bonds is 7. The minimum absolute atomic E-state index is 0.361. The van der Waals surface area contributed by atoms with E-state index in [1.807, 2.05) is 6.92 Å². The fraction of sp³-hybridized carbons (Fsp3) is 0.938. The first kappa shape index (κ1) is 18.5. The maximum atomic E-state index is 12.0. The summed E-state index contributed by atoms with van der Waals surface area (Å²) in [6, 6.07) is 0.413. The topological polar surface area (TPSA) is 53.5 Å². The van der Waals surface area contributed by atoms with Gasteiger partial charge in [-0.15, -0.1) is 0 Å². The van der Waals surface area contributed by atoms with Crippen LogP contribution in [0.15, 0.2) is 4.99 Å². The molecule has 1 fully saturated rings. The van der Waals surface area contributed by atoms with Crippen LogP contribution in [-0.4, -0.2) is 40.3 Å². The Kier molecular flexibility index (Phi) is 8.97. The summed E-state index contributed by atoms with van der Waals surface area (Å²) in [5, 5.41) is 7.23. The molecule has 3 atom stereocenters. The van der Waals surface area contributed by atoms with Gasteiger partial charge in [0.1, 0.15) is 0 Å². The SMILES string of the molecule is CCNC(=NCCC(C)C)NC1CCCC(S(=O)CC)C1. The van der Waals surface area contributed by atoms with Gasteiger partial charge in [-0.05, 0) is 38.5 Å². The average Bonchev–Trinajstić information content (AvgIpc) is 2.46. The molecule has 21 heavy (non-hydrogen) atoms. The molecule has 0 aromatic rings. The minimum Gasteiger partial charge on any atom is -0.357 e. The summed E-state index contributed by atoms with van der Waals surface area (Å²) < 4.78 is 12.0. The van der Waals surface area contributed by atoms with Crippen LogP contribution in [0.1, 0.15) is 59.8 Å². The molecule has 124 valence electrons. The second-order valence-electron chi connectivity index (χ2n) is 6.24. The lowest BCUT2D eigenvalue weighted by atomic mass is 9.95. The molecule has 0 saturated heterocycles. The van der Waals surface area contributed by atoms with Crippen LogP contribution in [0.25, 0.3) is 0 Å². The van der Waals surface area contributed by atoms with Crippen molar-refractivity contribution in [1.29, 1.82) is 0 Å². The van der Waals surface area contributed by atoms with Crippen molar-refractivity contribution >= 4 is 16.8 Å². The van der Waals surface area contributed by atoms with Gasteiger partial charge in [0.05, 0.1) is 0 Å². The molecule has 5 heteroatoms.